The van der Waals surface area contributed by atoms with Gasteiger partial charge in [-0.05, 0) is 30.9 Å². The van der Waals surface area contributed by atoms with E-state index in [1.165, 1.54) is 18.3 Å². The van der Waals surface area contributed by atoms with E-state index in [4.69, 9.17) is 10.00 Å². The number of hydrogen-bond acceptors (Lipinski definition) is 5. The average Bonchev–Trinajstić information content (AvgIpc) is 2.91. The zero-order valence-electron chi connectivity index (χ0n) is 10.4. The molecule has 0 bridgehead atoms. The first-order valence-corrected chi connectivity index (χ1v) is 7.54. The molecular weight excluding hydrogens is 266 g/mol. The van der Waals surface area contributed by atoms with Gasteiger partial charge in [-0.3, -0.25) is 0 Å². The van der Waals surface area contributed by atoms with E-state index in [-0.39, 0.29) is 10.6 Å². The Kier molecular flexibility index (Phi) is 4.47. The molecule has 1 aliphatic heterocycles. The summed E-state index contributed by atoms with van der Waals surface area (Å²) in [4.78, 5) is 3.68. The Labute approximate surface area is 112 Å². The lowest BCUT2D eigenvalue weighted by Gasteiger charge is -2.10. The number of pyridine rings is 1. The maximum atomic E-state index is 12.1. The molecule has 0 saturated carbocycles. The Bertz CT molecular complexity index is 574. The van der Waals surface area contributed by atoms with E-state index >= 15 is 0 Å². The highest BCUT2D eigenvalue weighted by Crippen LogP contribution is 2.16. The lowest BCUT2D eigenvalue weighted by atomic mass is 10.1. The molecule has 0 aliphatic carbocycles. The first-order chi connectivity index (χ1) is 9.13. The minimum atomic E-state index is -3.67. The first-order valence-electron chi connectivity index (χ1n) is 6.06. The van der Waals surface area contributed by atoms with Crippen molar-refractivity contribution < 1.29 is 13.2 Å². The molecule has 1 aliphatic rings. The third-order valence-corrected chi connectivity index (χ3v) is 4.53. The Hall–Kier alpha value is -1.49. The molecule has 6 nitrogen and oxygen atoms in total. The van der Waals surface area contributed by atoms with Crippen LogP contribution in [0.3, 0.4) is 0 Å². The van der Waals surface area contributed by atoms with Crippen LogP contribution in [0, 0.1) is 17.2 Å². The summed E-state index contributed by atoms with van der Waals surface area (Å²) in [6, 6.07) is 4.66. The Morgan fingerprint density at radius 1 is 1.58 bits per heavy atom. The highest BCUT2D eigenvalue weighted by molar-refractivity contribution is 7.89. The molecule has 1 atom stereocenters. The lowest BCUT2D eigenvalue weighted by molar-refractivity contribution is 0.184. The number of sulfonamides is 1. The number of nitriles is 1. The van der Waals surface area contributed by atoms with Gasteiger partial charge in [-0.1, -0.05) is 0 Å². The van der Waals surface area contributed by atoms with Crippen molar-refractivity contribution in [1.82, 2.24) is 9.71 Å². The van der Waals surface area contributed by atoms with Crippen molar-refractivity contribution in [1.29, 1.82) is 5.26 Å². The summed E-state index contributed by atoms with van der Waals surface area (Å²) in [5.74, 6) is 0.409. The Morgan fingerprint density at radius 2 is 2.42 bits per heavy atom. The van der Waals surface area contributed by atoms with Gasteiger partial charge in [-0.25, -0.2) is 18.1 Å². The van der Waals surface area contributed by atoms with Crippen LogP contribution in [0.2, 0.25) is 0 Å². The highest BCUT2D eigenvalue weighted by Gasteiger charge is 2.20. The summed E-state index contributed by atoms with van der Waals surface area (Å²) in [7, 11) is -3.67. The van der Waals surface area contributed by atoms with Gasteiger partial charge in [0.2, 0.25) is 10.0 Å². The number of aromatic nitrogens is 1. The molecule has 1 saturated heterocycles. The summed E-state index contributed by atoms with van der Waals surface area (Å²) in [6.07, 6.45) is 3.10. The van der Waals surface area contributed by atoms with Crippen LogP contribution in [0.15, 0.2) is 23.2 Å². The van der Waals surface area contributed by atoms with E-state index in [0.717, 1.165) is 19.4 Å². The minimum Gasteiger partial charge on any atom is -0.381 e. The van der Waals surface area contributed by atoms with E-state index in [2.05, 4.69) is 9.71 Å². The fourth-order valence-corrected chi connectivity index (χ4v) is 3.13. The van der Waals surface area contributed by atoms with Gasteiger partial charge in [0, 0.05) is 26.0 Å². The monoisotopic (exact) mass is 281 g/mol. The third kappa shape index (κ3) is 3.50. The molecular formula is C12H15N3O3S. The van der Waals surface area contributed by atoms with E-state index in [0.29, 0.717) is 19.1 Å². The van der Waals surface area contributed by atoms with E-state index in [9.17, 15) is 8.42 Å². The number of hydrogen-bond donors (Lipinski definition) is 1. The number of rotatable bonds is 5. The minimum absolute atomic E-state index is 0.0693. The molecule has 1 unspecified atom stereocenters. The van der Waals surface area contributed by atoms with Crippen LogP contribution in [0.4, 0.5) is 0 Å². The predicted molar refractivity (Wildman–Crippen MR) is 67.7 cm³/mol. The maximum Gasteiger partial charge on any atom is 0.243 e. The molecule has 0 aromatic carbocycles. The van der Waals surface area contributed by atoms with Crippen LogP contribution < -0.4 is 4.72 Å². The standard InChI is InChI=1S/C12H15N3O3S/c13-8-11-12(2-1-5-14-11)19(16,17)15-6-3-10-4-7-18-9-10/h1-2,5,10,15H,3-4,6-7,9H2. The average molecular weight is 281 g/mol. The van der Waals surface area contributed by atoms with Gasteiger partial charge < -0.3 is 4.74 Å². The van der Waals surface area contributed by atoms with Gasteiger partial charge in [0.15, 0.2) is 5.69 Å². The van der Waals surface area contributed by atoms with E-state index in [1.807, 2.05) is 0 Å². The number of ether oxygens (including phenoxy) is 1. The molecule has 19 heavy (non-hydrogen) atoms. The van der Waals surface area contributed by atoms with Gasteiger partial charge in [0.25, 0.3) is 0 Å². The molecule has 0 spiro atoms. The Balaban J connectivity index is 1.99. The Morgan fingerprint density at radius 3 is 3.11 bits per heavy atom. The fourth-order valence-electron chi connectivity index (χ4n) is 1.98. The topological polar surface area (TPSA) is 92.1 Å². The SMILES string of the molecule is N#Cc1ncccc1S(=O)(=O)NCCC1CCOC1. The molecule has 0 amide bonds. The summed E-state index contributed by atoms with van der Waals surface area (Å²) in [5.41, 5.74) is -0.0841. The summed E-state index contributed by atoms with van der Waals surface area (Å²) >= 11 is 0. The van der Waals surface area contributed by atoms with Crippen molar-refractivity contribution >= 4 is 10.0 Å². The van der Waals surface area contributed by atoms with Crippen molar-refractivity contribution in [2.75, 3.05) is 19.8 Å². The predicted octanol–water partition coefficient (Wildman–Crippen LogP) is 0.658. The fraction of sp³-hybridized carbons (Fsp3) is 0.500. The van der Waals surface area contributed by atoms with Crippen LogP contribution >= 0.6 is 0 Å². The first kappa shape index (κ1) is 13.9. The highest BCUT2D eigenvalue weighted by atomic mass is 32.2. The molecule has 2 heterocycles. The molecule has 2 rings (SSSR count). The van der Waals surface area contributed by atoms with Crippen LogP contribution in [-0.2, 0) is 14.8 Å². The number of nitrogens with one attached hydrogen (secondary N) is 1. The third-order valence-electron chi connectivity index (χ3n) is 3.03. The number of nitrogens with zero attached hydrogens (tertiary/aromatic N) is 2. The normalized spacial score (nSPS) is 19.2. The van der Waals surface area contributed by atoms with Crippen molar-refractivity contribution in [2.45, 2.75) is 17.7 Å². The summed E-state index contributed by atoms with van der Waals surface area (Å²) in [5, 5.41) is 8.86. The molecule has 1 aromatic heterocycles. The van der Waals surface area contributed by atoms with Crippen molar-refractivity contribution in [3.63, 3.8) is 0 Å². The van der Waals surface area contributed by atoms with Crippen LogP contribution in [0.1, 0.15) is 18.5 Å². The van der Waals surface area contributed by atoms with Gasteiger partial charge in [-0.2, -0.15) is 5.26 Å². The van der Waals surface area contributed by atoms with Crippen molar-refractivity contribution in [2.24, 2.45) is 5.92 Å². The summed E-state index contributed by atoms with van der Waals surface area (Å²) in [6.45, 7) is 1.78. The van der Waals surface area contributed by atoms with Gasteiger partial charge >= 0.3 is 0 Å². The van der Waals surface area contributed by atoms with Gasteiger partial charge in [0.1, 0.15) is 11.0 Å². The van der Waals surface area contributed by atoms with E-state index in [1.54, 1.807) is 6.07 Å². The second-order valence-corrected chi connectivity index (χ2v) is 6.11. The van der Waals surface area contributed by atoms with Crippen LogP contribution in [-0.4, -0.2) is 33.2 Å². The molecule has 1 fully saturated rings. The van der Waals surface area contributed by atoms with Crippen molar-refractivity contribution in [3.8, 4) is 6.07 Å². The van der Waals surface area contributed by atoms with Crippen LogP contribution in [0.5, 0.6) is 0 Å². The van der Waals surface area contributed by atoms with Crippen LogP contribution in [0.25, 0.3) is 0 Å². The quantitative estimate of drug-likeness (QED) is 0.856. The smallest absolute Gasteiger partial charge is 0.243 e. The largest absolute Gasteiger partial charge is 0.381 e. The summed E-state index contributed by atoms with van der Waals surface area (Å²) < 4.78 is 31.8. The second-order valence-electron chi connectivity index (χ2n) is 4.38. The van der Waals surface area contributed by atoms with Gasteiger partial charge in [0.05, 0.1) is 0 Å². The molecule has 1 aromatic rings. The zero-order chi connectivity index (χ0) is 13.7. The van der Waals surface area contributed by atoms with E-state index < -0.39 is 10.0 Å². The van der Waals surface area contributed by atoms with Crippen molar-refractivity contribution in [3.05, 3.63) is 24.0 Å². The zero-order valence-corrected chi connectivity index (χ0v) is 11.2. The lowest BCUT2D eigenvalue weighted by Crippen LogP contribution is -2.27. The maximum absolute atomic E-state index is 12.1. The van der Waals surface area contributed by atoms with Gasteiger partial charge in [-0.15, -0.1) is 0 Å². The molecule has 102 valence electrons. The second kappa shape index (κ2) is 6.10. The molecule has 0 radical (unpaired) electrons. The molecule has 7 heteroatoms. The molecule has 1 N–H and O–H groups in total.